The van der Waals surface area contributed by atoms with Crippen molar-refractivity contribution < 1.29 is 15.0 Å². The Kier molecular flexibility index (Phi) is 3.18. The van der Waals surface area contributed by atoms with E-state index in [9.17, 15) is 9.90 Å². The summed E-state index contributed by atoms with van der Waals surface area (Å²) in [6.07, 6.45) is 1.59. The first-order chi connectivity index (χ1) is 9.63. The highest BCUT2D eigenvalue weighted by atomic mass is 16.4. The van der Waals surface area contributed by atoms with Gasteiger partial charge in [0.05, 0.1) is 6.42 Å². The molecule has 3 heteroatoms. The van der Waals surface area contributed by atoms with Crippen LogP contribution in [0.1, 0.15) is 34.6 Å². The van der Waals surface area contributed by atoms with E-state index in [2.05, 4.69) is 0 Å². The summed E-state index contributed by atoms with van der Waals surface area (Å²) >= 11 is 0. The first-order valence-corrected chi connectivity index (χ1v) is 6.74. The van der Waals surface area contributed by atoms with E-state index in [4.69, 9.17) is 5.11 Å². The van der Waals surface area contributed by atoms with Gasteiger partial charge in [0.1, 0.15) is 5.75 Å². The van der Waals surface area contributed by atoms with Crippen molar-refractivity contribution >= 4 is 5.97 Å². The maximum absolute atomic E-state index is 11.1. The molecule has 102 valence electrons. The highest BCUT2D eigenvalue weighted by molar-refractivity contribution is 5.68. The Balaban J connectivity index is 2.09. The Hall–Kier alpha value is -2.29. The van der Waals surface area contributed by atoms with Crippen LogP contribution in [0.4, 0.5) is 0 Å². The molecule has 2 aromatic rings. The van der Waals surface area contributed by atoms with Crippen molar-refractivity contribution in [3.8, 4) is 5.75 Å². The van der Waals surface area contributed by atoms with E-state index in [0.717, 1.165) is 28.7 Å². The van der Waals surface area contributed by atoms with Gasteiger partial charge in [-0.1, -0.05) is 30.3 Å². The lowest BCUT2D eigenvalue weighted by atomic mass is 9.89. The number of rotatable bonds is 2. The molecule has 0 bridgehead atoms. The van der Waals surface area contributed by atoms with Crippen LogP contribution in [0.5, 0.6) is 5.75 Å². The highest BCUT2D eigenvalue weighted by Gasteiger charge is 2.23. The standard InChI is InChI=1S/C17H16O3/c18-15-6-5-11-7-14(10-17(19)20)16-4-2-1-3-12(16)8-13(11)9-15/h1-6,9,14,18H,7-8,10H2,(H,19,20)/t14-/m1/s1. The minimum absolute atomic E-state index is 0.00510. The molecule has 0 amide bonds. The molecule has 2 aromatic carbocycles. The molecule has 0 radical (unpaired) electrons. The van der Waals surface area contributed by atoms with Crippen molar-refractivity contribution in [1.29, 1.82) is 0 Å². The molecule has 1 aliphatic carbocycles. The fraction of sp³-hybridized carbons (Fsp3) is 0.235. The fourth-order valence-electron chi connectivity index (χ4n) is 3.04. The summed E-state index contributed by atoms with van der Waals surface area (Å²) in [7, 11) is 0. The van der Waals surface area contributed by atoms with E-state index in [1.54, 1.807) is 12.1 Å². The average molecular weight is 268 g/mol. The Morgan fingerprint density at radius 2 is 1.90 bits per heavy atom. The number of fused-ring (bicyclic) bond motifs is 2. The zero-order valence-electron chi connectivity index (χ0n) is 11.0. The van der Waals surface area contributed by atoms with Crippen molar-refractivity contribution in [2.24, 2.45) is 0 Å². The maximum Gasteiger partial charge on any atom is 0.303 e. The molecule has 1 atom stereocenters. The third-order valence-electron chi connectivity index (χ3n) is 3.95. The Bertz CT molecular complexity index is 661. The van der Waals surface area contributed by atoms with Crippen molar-refractivity contribution in [2.45, 2.75) is 25.2 Å². The smallest absolute Gasteiger partial charge is 0.303 e. The molecule has 3 rings (SSSR count). The summed E-state index contributed by atoms with van der Waals surface area (Å²) in [6.45, 7) is 0. The SMILES string of the molecule is O=C(O)C[C@H]1Cc2ccc(O)cc2Cc2ccccc21. The van der Waals surface area contributed by atoms with Crippen LogP contribution >= 0.6 is 0 Å². The van der Waals surface area contributed by atoms with Gasteiger partial charge < -0.3 is 10.2 Å². The molecule has 0 aliphatic heterocycles. The second kappa shape index (κ2) is 5.00. The lowest BCUT2D eigenvalue weighted by molar-refractivity contribution is -0.137. The minimum Gasteiger partial charge on any atom is -0.508 e. The zero-order chi connectivity index (χ0) is 14.1. The number of aliphatic carboxylic acids is 1. The van der Waals surface area contributed by atoms with Crippen LogP contribution in [0.25, 0.3) is 0 Å². The van der Waals surface area contributed by atoms with Crippen LogP contribution in [-0.4, -0.2) is 16.2 Å². The van der Waals surface area contributed by atoms with E-state index >= 15 is 0 Å². The van der Waals surface area contributed by atoms with E-state index in [0.29, 0.717) is 6.42 Å². The molecule has 2 N–H and O–H groups in total. The fourth-order valence-corrected chi connectivity index (χ4v) is 3.04. The Morgan fingerprint density at radius 1 is 1.10 bits per heavy atom. The number of carbonyl (C=O) groups is 1. The number of phenolic OH excluding ortho intramolecular Hbond substituents is 1. The van der Waals surface area contributed by atoms with Crippen LogP contribution in [0.2, 0.25) is 0 Å². The van der Waals surface area contributed by atoms with Crippen molar-refractivity contribution in [3.05, 3.63) is 64.7 Å². The van der Waals surface area contributed by atoms with Gasteiger partial charge >= 0.3 is 5.97 Å². The van der Waals surface area contributed by atoms with Gasteiger partial charge in [-0.05, 0) is 53.1 Å². The quantitative estimate of drug-likeness (QED) is 0.880. The molecule has 0 spiro atoms. The number of phenols is 1. The second-order valence-corrected chi connectivity index (χ2v) is 5.33. The summed E-state index contributed by atoms with van der Waals surface area (Å²) in [6, 6.07) is 13.4. The van der Waals surface area contributed by atoms with Crippen LogP contribution in [0, 0.1) is 0 Å². The van der Waals surface area contributed by atoms with Crippen LogP contribution in [-0.2, 0) is 17.6 Å². The van der Waals surface area contributed by atoms with Crippen molar-refractivity contribution in [2.75, 3.05) is 0 Å². The van der Waals surface area contributed by atoms with Gasteiger partial charge in [-0.3, -0.25) is 4.79 Å². The van der Waals surface area contributed by atoms with Gasteiger partial charge in [0.15, 0.2) is 0 Å². The van der Waals surface area contributed by atoms with Crippen LogP contribution in [0.15, 0.2) is 42.5 Å². The molecule has 1 aliphatic rings. The van der Waals surface area contributed by atoms with E-state index < -0.39 is 5.97 Å². The molecular formula is C17H16O3. The van der Waals surface area contributed by atoms with Crippen LogP contribution < -0.4 is 0 Å². The van der Waals surface area contributed by atoms with Gasteiger partial charge in [-0.15, -0.1) is 0 Å². The molecule has 0 heterocycles. The number of aromatic hydroxyl groups is 1. The second-order valence-electron chi connectivity index (χ2n) is 5.33. The zero-order valence-corrected chi connectivity index (χ0v) is 11.0. The van der Waals surface area contributed by atoms with E-state index in [1.165, 1.54) is 0 Å². The summed E-state index contributed by atoms with van der Waals surface area (Å²) < 4.78 is 0. The number of hydrogen-bond acceptors (Lipinski definition) is 2. The lowest BCUT2D eigenvalue weighted by Crippen LogP contribution is -2.09. The van der Waals surface area contributed by atoms with E-state index in [-0.39, 0.29) is 18.1 Å². The number of hydrogen-bond donors (Lipinski definition) is 2. The average Bonchev–Trinajstić information content (AvgIpc) is 2.55. The lowest BCUT2D eigenvalue weighted by Gasteiger charge is -2.15. The molecule has 0 fully saturated rings. The number of carboxylic acids is 1. The van der Waals surface area contributed by atoms with Gasteiger partial charge in [-0.25, -0.2) is 0 Å². The Labute approximate surface area is 117 Å². The minimum atomic E-state index is -0.771. The molecule has 0 saturated carbocycles. The third-order valence-corrected chi connectivity index (χ3v) is 3.95. The molecule has 0 aromatic heterocycles. The summed E-state index contributed by atoms with van der Waals surface area (Å²) in [5.74, 6) is -0.514. The molecular weight excluding hydrogens is 252 g/mol. The van der Waals surface area contributed by atoms with Gasteiger partial charge in [0.25, 0.3) is 0 Å². The molecule has 3 nitrogen and oxygen atoms in total. The van der Waals surface area contributed by atoms with Crippen molar-refractivity contribution in [3.63, 3.8) is 0 Å². The van der Waals surface area contributed by atoms with Crippen molar-refractivity contribution in [1.82, 2.24) is 0 Å². The predicted octanol–water partition coefficient (Wildman–Crippen LogP) is 3.10. The first-order valence-electron chi connectivity index (χ1n) is 6.74. The molecule has 0 unspecified atom stereocenters. The van der Waals surface area contributed by atoms with Gasteiger partial charge in [0, 0.05) is 0 Å². The van der Waals surface area contributed by atoms with E-state index in [1.807, 2.05) is 30.3 Å². The summed E-state index contributed by atoms with van der Waals surface area (Å²) in [5.41, 5.74) is 4.49. The first kappa shape index (κ1) is 12.7. The Morgan fingerprint density at radius 3 is 2.70 bits per heavy atom. The third kappa shape index (κ3) is 2.39. The predicted molar refractivity (Wildman–Crippen MR) is 76.1 cm³/mol. The molecule has 0 saturated heterocycles. The monoisotopic (exact) mass is 268 g/mol. The number of benzene rings is 2. The summed E-state index contributed by atoms with van der Waals surface area (Å²) in [4.78, 5) is 11.1. The number of carboxylic acid groups (broad SMARTS) is 1. The highest BCUT2D eigenvalue weighted by Crippen LogP contribution is 2.35. The normalized spacial score (nSPS) is 16.9. The molecule has 20 heavy (non-hydrogen) atoms. The largest absolute Gasteiger partial charge is 0.508 e. The maximum atomic E-state index is 11.1. The summed E-state index contributed by atoms with van der Waals surface area (Å²) in [5, 5.41) is 18.8. The topological polar surface area (TPSA) is 57.5 Å². The van der Waals surface area contributed by atoms with Crippen LogP contribution in [0.3, 0.4) is 0 Å². The van der Waals surface area contributed by atoms with Gasteiger partial charge in [0.2, 0.25) is 0 Å². The van der Waals surface area contributed by atoms with Gasteiger partial charge in [-0.2, -0.15) is 0 Å².